The molecule has 0 bridgehead atoms. The fourth-order valence-corrected chi connectivity index (χ4v) is 2.53. The van der Waals surface area contributed by atoms with Crippen LogP contribution in [0.1, 0.15) is 45.6 Å². The molecule has 0 amide bonds. The zero-order valence-electron chi connectivity index (χ0n) is 12.6. The van der Waals surface area contributed by atoms with Crippen LogP contribution in [0.4, 0.5) is 0 Å². The van der Waals surface area contributed by atoms with Crippen molar-refractivity contribution in [2.75, 3.05) is 26.2 Å². The summed E-state index contributed by atoms with van der Waals surface area (Å²) < 4.78 is 5.90. The van der Waals surface area contributed by atoms with Crippen molar-refractivity contribution in [1.29, 1.82) is 0 Å². The molecular weight excluding hydrogens is 234 g/mol. The van der Waals surface area contributed by atoms with Gasteiger partial charge in [-0.05, 0) is 49.0 Å². The van der Waals surface area contributed by atoms with Crippen LogP contribution in [0.5, 0.6) is 5.75 Å². The van der Waals surface area contributed by atoms with Crippen LogP contribution in [0.15, 0.2) is 24.3 Å². The Labute approximate surface area is 117 Å². The van der Waals surface area contributed by atoms with Crippen molar-refractivity contribution in [3.63, 3.8) is 0 Å². The molecule has 106 valence electrons. The highest BCUT2D eigenvalue weighted by molar-refractivity contribution is 5.32. The summed E-state index contributed by atoms with van der Waals surface area (Å²) in [5, 5.41) is 0. The minimum atomic E-state index is 0.187. The van der Waals surface area contributed by atoms with E-state index in [0.717, 1.165) is 18.9 Å². The lowest BCUT2D eigenvalue weighted by Gasteiger charge is -2.26. The van der Waals surface area contributed by atoms with Gasteiger partial charge in [0, 0.05) is 6.54 Å². The minimum Gasteiger partial charge on any atom is -0.492 e. The first-order valence-electron chi connectivity index (χ1n) is 7.51. The van der Waals surface area contributed by atoms with E-state index in [0.29, 0.717) is 0 Å². The van der Waals surface area contributed by atoms with E-state index < -0.39 is 0 Å². The Bertz CT molecular complexity index is 388. The maximum atomic E-state index is 5.90. The number of ether oxygens (including phenoxy) is 1. The third-order valence-electron chi connectivity index (χ3n) is 3.82. The highest BCUT2D eigenvalue weighted by Gasteiger charge is 2.14. The summed E-state index contributed by atoms with van der Waals surface area (Å²) in [7, 11) is 0. The summed E-state index contributed by atoms with van der Waals surface area (Å²) in [6, 6.07) is 8.51. The Morgan fingerprint density at radius 3 is 2.53 bits per heavy atom. The number of nitrogens with zero attached hydrogens (tertiary/aromatic N) is 1. The second-order valence-electron chi connectivity index (χ2n) is 6.53. The molecule has 1 saturated heterocycles. The Hall–Kier alpha value is -1.02. The van der Waals surface area contributed by atoms with Gasteiger partial charge in [-0.1, -0.05) is 39.3 Å². The number of hydrogen-bond acceptors (Lipinski definition) is 2. The third kappa shape index (κ3) is 4.54. The van der Waals surface area contributed by atoms with Gasteiger partial charge in [-0.2, -0.15) is 0 Å². The van der Waals surface area contributed by atoms with Crippen molar-refractivity contribution in [3.8, 4) is 5.75 Å². The second-order valence-corrected chi connectivity index (χ2v) is 6.53. The van der Waals surface area contributed by atoms with Gasteiger partial charge in [0.2, 0.25) is 0 Å². The van der Waals surface area contributed by atoms with Crippen LogP contribution in [0.25, 0.3) is 0 Å². The largest absolute Gasteiger partial charge is 0.492 e. The Balaban J connectivity index is 1.82. The Morgan fingerprint density at radius 1 is 1.11 bits per heavy atom. The Kier molecular flexibility index (Phi) is 4.87. The first-order chi connectivity index (χ1) is 9.05. The van der Waals surface area contributed by atoms with Crippen LogP contribution in [-0.4, -0.2) is 31.1 Å². The van der Waals surface area contributed by atoms with Crippen molar-refractivity contribution in [2.45, 2.75) is 45.4 Å². The quantitative estimate of drug-likeness (QED) is 0.816. The fourth-order valence-electron chi connectivity index (χ4n) is 2.53. The molecule has 0 atom stereocenters. The van der Waals surface area contributed by atoms with Crippen LogP contribution >= 0.6 is 0 Å². The van der Waals surface area contributed by atoms with Gasteiger partial charge in [-0.25, -0.2) is 0 Å². The average molecular weight is 261 g/mol. The topological polar surface area (TPSA) is 12.5 Å². The van der Waals surface area contributed by atoms with E-state index >= 15 is 0 Å². The first kappa shape index (κ1) is 14.4. The monoisotopic (exact) mass is 261 g/mol. The molecule has 2 rings (SSSR count). The predicted molar refractivity (Wildman–Crippen MR) is 80.9 cm³/mol. The van der Waals surface area contributed by atoms with Crippen LogP contribution in [0, 0.1) is 0 Å². The van der Waals surface area contributed by atoms with Crippen LogP contribution < -0.4 is 4.74 Å². The van der Waals surface area contributed by atoms with Gasteiger partial charge in [0.15, 0.2) is 0 Å². The zero-order valence-corrected chi connectivity index (χ0v) is 12.6. The number of hydrogen-bond donors (Lipinski definition) is 0. The predicted octanol–water partition coefficient (Wildman–Crippen LogP) is 3.85. The van der Waals surface area contributed by atoms with Crippen LogP contribution in [-0.2, 0) is 5.41 Å². The van der Waals surface area contributed by atoms with Crippen molar-refractivity contribution in [1.82, 2.24) is 4.90 Å². The molecule has 19 heavy (non-hydrogen) atoms. The van der Waals surface area contributed by atoms with Crippen molar-refractivity contribution >= 4 is 0 Å². The molecular formula is C17H27NO. The molecule has 1 heterocycles. The van der Waals surface area contributed by atoms with Crippen molar-refractivity contribution < 1.29 is 4.74 Å². The van der Waals surface area contributed by atoms with E-state index in [1.165, 1.54) is 37.9 Å². The maximum absolute atomic E-state index is 5.90. The first-order valence-corrected chi connectivity index (χ1v) is 7.51. The number of benzene rings is 1. The van der Waals surface area contributed by atoms with Gasteiger partial charge >= 0.3 is 0 Å². The molecule has 0 unspecified atom stereocenters. The second kappa shape index (κ2) is 6.42. The molecule has 1 fully saturated rings. The fraction of sp³-hybridized carbons (Fsp3) is 0.647. The molecule has 0 N–H and O–H groups in total. The molecule has 0 radical (unpaired) electrons. The molecule has 1 aromatic rings. The van der Waals surface area contributed by atoms with E-state index in [1.807, 2.05) is 0 Å². The molecule has 0 saturated carbocycles. The number of likely N-dealkylation sites (tertiary alicyclic amines) is 1. The third-order valence-corrected chi connectivity index (χ3v) is 3.82. The van der Waals surface area contributed by atoms with Gasteiger partial charge in [0.25, 0.3) is 0 Å². The molecule has 0 spiro atoms. The van der Waals surface area contributed by atoms with Gasteiger partial charge in [-0.15, -0.1) is 0 Å². The van der Waals surface area contributed by atoms with Crippen molar-refractivity contribution in [2.24, 2.45) is 0 Å². The van der Waals surface area contributed by atoms with Gasteiger partial charge in [0.1, 0.15) is 12.4 Å². The van der Waals surface area contributed by atoms with Crippen molar-refractivity contribution in [3.05, 3.63) is 29.8 Å². The maximum Gasteiger partial charge on any atom is 0.119 e. The van der Waals surface area contributed by atoms with Gasteiger partial charge in [0.05, 0.1) is 0 Å². The highest BCUT2D eigenvalue weighted by atomic mass is 16.5. The molecule has 2 nitrogen and oxygen atoms in total. The molecule has 0 aliphatic carbocycles. The zero-order chi connectivity index (χ0) is 13.7. The standard InChI is InChI=1S/C17H27NO/c1-17(2,3)15-8-7-9-16(14-15)19-13-12-18-10-5-4-6-11-18/h7-9,14H,4-6,10-13H2,1-3H3. The van der Waals surface area contributed by atoms with E-state index in [-0.39, 0.29) is 5.41 Å². The summed E-state index contributed by atoms with van der Waals surface area (Å²) in [5.74, 6) is 1.00. The number of rotatable bonds is 4. The summed E-state index contributed by atoms with van der Waals surface area (Å²) >= 11 is 0. The average Bonchev–Trinajstić information content (AvgIpc) is 2.39. The molecule has 1 aliphatic heterocycles. The smallest absolute Gasteiger partial charge is 0.119 e. The number of piperidine rings is 1. The van der Waals surface area contributed by atoms with Crippen LogP contribution in [0.3, 0.4) is 0 Å². The SMILES string of the molecule is CC(C)(C)c1cccc(OCCN2CCCCC2)c1. The lowest BCUT2D eigenvalue weighted by atomic mass is 9.87. The molecule has 0 aromatic heterocycles. The molecule has 1 aliphatic rings. The van der Waals surface area contributed by atoms with E-state index in [9.17, 15) is 0 Å². The summed E-state index contributed by atoms with van der Waals surface area (Å²) in [6.45, 7) is 11.0. The lowest BCUT2D eigenvalue weighted by molar-refractivity contribution is 0.183. The van der Waals surface area contributed by atoms with Gasteiger partial charge < -0.3 is 4.74 Å². The molecule has 1 aromatic carbocycles. The Morgan fingerprint density at radius 2 is 1.84 bits per heavy atom. The van der Waals surface area contributed by atoms with Crippen LogP contribution in [0.2, 0.25) is 0 Å². The normalized spacial score (nSPS) is 17.4. The highest BCUT2D eigenvalue weighted by Crippen LogP contribution is 2.25. The van der Waals surface area contributed by atoms with E-state index in [2.05, 4.69) is 49.9 Å². The van der Waals surface area contributed by atoms with E-state index in [1.54, 1.807) is 0 Å². The summed E-state index contributed by atoms with van der Waals surface area (Å²) in [5.41, 5.74) is 1.52. The summed E-state index contributed by atoms with van der Waals surface area (Å²) in [6.07, 6.45) is 4.09. The summed E-state index contributed by atoms with van der Waals surface area (Å²) in [4.78, 5) is 2.51. The van der Waals surface area contributed by atoms with Gasteiger partial charge in [-0.3, -0.25) is 4.90 Å². The molecule has 2 heteroatoms. The lowest BCUT2D eigenvalue weighted by Crippen LogP contribution is -2.33. The minimum absolute atomic E-state index is 0.187. The van der Waals surface area contributed by atoms with E-state index in [4.69, 9.17) is 4.74 Å².